The Balaban J connectivity index is 0.00000231. The molecule has 1 fully saturated rings. The fraction of sp³-hybridized carbons (Fsp3) is 0.400. The van der Waals surface area contributed by atoms with Crippen molar-refractivity contribution in [3.05, 3.63) is 41.7 Å². The molecular weight excluding hydrogens is 423 g/mol. The third-order valence-electron chi connectivity index (χ3n) is 5.57. The van der Waals surface area contributed by atoms with Crippen molar-refractivity contribution in [3.63, 3.8) is 0 Å². The van der Waals surface area contributed by atoms with Crippen molar-refractivity contribution in [2.45, 2.75) is 26.3 Å². The molecule has 0 aliphatic carbocycles. The first-order chi connectivity index (χ1) is 14.5. The molecule has 0 saturated carbocycles. The molecular formula is C20H24ClFN8O. The summed E-state index contributed by atoms with van der Waals surface area (Å²) in [6, 6.07) is 3.26. The van der Waals surface area contributed by atoms with Gasteiger partial charge < -0.3 is 15.5 Å². The number of urea groups is 1. The van der Waals surface area contributed by atoms with Crippen LogP contribution in [0.1, 0.15) is 18.3 Å². The van der Waals surface area contributed by atoms with E-state index in [4.69, 9.17) is 0 Å². The van der Waals surface area contributed by atoms with Gasteiger partial charge in [0.1, 0.15) is 11.6 Å². The van der Waals surface area contributed by atoms with E-state index in [2.05, 4.69) is 37.5 Å². The van der Waals surface area contributed by atoms with E-state index in [9.17, 15) is 9.18 Å². The molecule has 0 radical (unpaired) electrons. The third kappa shape index (κ3) is 3.88. The molecule has 31 heavy (non-hydrogen) atoms. The van der Waals surface area contributed by atoms with E-state index >= 15 is 0 Å². The van der Waals surface area contributed by atoms with Crippen molar-refractivity contribution in [2.24, 2.45) is 0 Å². The van der Waals surface area contributed by atoms with Gasteiger partial charge in [-0.05, 0) is 26.3 Å². The lowest BCUT2D eigenvalue weighted by atomic mass is 10.1. The Morgan fingerprint density at radius 3 is 3.00 bits per heavy atom. The normalized spacial score (nSPS) is 18.1. The maximum absolute atomic E-state index is 14.5. The van der Waals surface area contributed by atoms with E-state index in [0.717, 1.165) is 30.9 Å². The molecule has 2 N–H and O–H groups in total. The second-order valence-corrected chi connectivity index (χ2v) is 7.76. The Labute approximate surface area is 185 Å². The van der Waals surface area contributed by atoms with Gasteiger partial charge in [-0.1, -0.05) is 0 Å². The Bertz CT molecular complexity index is 1140. The predicted octanol–water partition coefficient (Wildman–Crippen LogP) is 2.39. The van der Waals surface area contributed by atoms with Gasteiger partial charge in [0.05, 0.1) is 11.9 Å². The average molecular weight is 447 g/mol. The number of pyridine rings is 2. The molecule has 3 aromatic rings. The maximum atomic E-state index is 14.5. The van der Waals surface area contributed by atoms with Crippen molar-refractivity contribution in [2.75, 3.05) is 41.3 Å². The standard InChI is InChI=1S/C20H23FN8O.ClH/c1-12-10-27(8-6-22-12)17-3-5-23-19-14(17)4-7-28(19)20(30)25-16-11-29-18(9-15(16)21)24-13(2)26-29;/h3,5,9,11-12,22H,4,6-8,10H2,1-2H3,(H,25,30);1H/t12-;/m0./s1. The summed E-state index contributed by atoms with van der Waals surface area (Å²) in [5, 5.41) is 10.3. The van der Waals surface area contributed by atoms with Gasteiger partial charge in [-0.25, -0.2) is 23.7 Å². The molecule has 0 unspecified atom stereocenters. The summed E-state index contributed by atoms with van der Waals surface area (Å²) in [5.74, 6) is 0.610. The minimum atomic E-state index is -0.556. The van der Waals surface area contributed by atoms with Crippen LogP contribution in [-0.4, -0.2) is 57.8 Å². The zero-order valence-corrected chi connectivity index (χ0v) is 18.1. The summed E-state index contributed by atoms with van der Waals surface area (Å²) in [5.41, 5.74) is 2.63. The van der Waals surface area contributed by atoms with E-state index in [1.54, 1.807) is 18.0 Å². The smallest absolute Gasteiger partial charge is 0.327 e. The number of carbonyl (C=O) groups excluding carboxylic acids is 1. The number of hydrogen-bond donors (Lipinski definition) is 2. The number of anilines is 3. The zero-order valence-electron chi connectivity index (χ0n) is 17.3. The highest BCUT2D eigenvalue weighted by Gasteiger charge is 2.31. The van der Waals surface area contributed by atoms with Crippen LogP contribution < -0.4 is 20.4 Å². The number of hydrogen-bond acceptors (Lipinski definition) is 6. The topological polar surface area (TPSA) is 90.7 Å². The van der Waals surface area contributed by atoms with Crippen LogP contribution in [0.2, 0.25) is 0 Å². The number of aryl methyl sites for hydroxylation is 1. The number of nitrogens with zero attached hydrogens (tertiary/aromatic N) is 6. The molecule has 11 heteroatoms. The van der Waals surface area contributed by atoms with Crippen LogP contribution in [0.4, 0.5) is 26.4 Å². The highest BCUT2D eigenvalue weighted by atomic mass is 35.5. The summed E-state index contributed by atoms with van der Waals surface area (Å²) in [6.45, 7) is 7.13. The Morgan fingerprint density at radius 2 is 2.19 bits per heavy atom. The van der Waals surface area contributed by atoms with Crippen LogP contribution in [0, 0.1) is 12.7 Å². The van der Waals surface area contributed by atoms with Gasteiger partial charge in [-0.3, -0.25) is 4.90 Å². The Morgan fingerprint density at radius 1 is 1.35 bits per heavy atom. The molecule has 164 valence electrons. The first-order valence-corrected chi connectivity index (χ1v) is 10.1. The van der Waals surface area contributed by atoms with Crippen molar-refractivity contribution < 1.29 is 9.18 Å². The second-order valence-electron chi connectivity index (χ2n) is 7.76. The van der Waals surface area contributed by atoms with Gasteiger partial charge in [-0.15, -0.1) is 12.4 Å². The molecule has 5 rings (SSSR count). The molecule has 9 nitrogen and oxygen atoms in total. The SMILES string of the molecule is Cc1nc2cc(F)c(NC(=O)N3CCc4c(N5CCN[C@@H](C)C5)ccnc43)cn2n1.Cl. The Kier molecular flexibility index (Phi) is 5.67. The van der Waals surface area contributed by atoms with Crippen LogP contribution in [0.3, 0.4) is 0 Å². The largest absolute Gasteiger partial charge is 0.368 e. The molecule has 2 aliphatic rings. The van der Waals surface area contributed by atoms with E-state index in [1.807, 2.05) is 6.07 Å². The van der Waals surface area contributed by atoms with E-state index in [-0.39, 0.29) is 18.1 Å². The number of carbonyl (C=O) groups is 1. The van der Waals surface area contributed by atoms with Crippen LogP contribution in [0.5, 0.6) is 0 Å². The lowest BCUT2D eigenvalue weighted by Gasteiger charge is -2.34. The number of nitrogens with one attached hydrogen (secondary N) is 2. The monoisotopic (exact) mass is 446 g/mol. The van der Waals surface area contributed by atoms with Gasteiger partial charge in [0, 0.05) is 55.7 Å². The molecule has 2 aliphatic heterocycles. The zero-order chi connectivity index (χ0) is 20.8. The van der Waals surface area contributed by atoms with Crippen LogP contribution in [-0.2, 0) is 6.42 Å². The van der Waals surface area contributed by atoms with Crippen LogP contribution in [0.25, 0.3) is 5.65 Å². The predicted molar refractivity (Wildman–Crippen MR) is 119 cm³/mol. The number of piperazine rings is 1. The van der Waals surface area contributed by atoms with E-state index in [0.29, 0.717) is 36.3 Å². The summed E-state index contributed by atoms with van der Waals surface area (Å²) in [7, 11) is 0. The molecule has 2 amide bonds. The quantitative estimate of drug-likeness (QED) is 0.628. The van der Waals surface area contributed by atoms with Gasteiger partial charge >= 0.3 is 6.03 Å². The summed E-state index contributed by atoms with van der Waals surface area (Å²) >= 11 is 0. The Hall–Kier alpha value is -2.98. The van der Waals surface area contributed by atoms with Gasteiger partial charge in [-0.2, -0.15) is 5.10 Å². The first kappa shape index (κ1) is 21.3. The molecule has 3 aromatic heterocycles. The number of amides is 2. The summed E-state index contributed by atoms with van der Waals surface area (Å²) < 4.78 is 15.9. The fourth-order valence-electron chi connectivity index (χ4n) is 4.21. The van der Waals surface area contributed by atoms with E-state index in [1.165, 1.54) is 16.8 Å². The average Bonchev–Trinajstić information content (AvgIpc) is 3.30. The number of aromatic nitrogens is 4. The van der Waals surface area contributed by atoms with Crippen LogP contribution >= 0.6 is 12.4 Å². The minimum Gasteiger partial charge on any atom is -0.368 e. The fourth-order valence-corrected chi connectivity index (χ4v) is 4.21. The lowest BCUT2D eigenvalue weighted by Crippen LogP contribution is -2.49. The summed E-state index contributed by atoms with van der Waals surface area (Å²) in [6.07, 6.45) is 3.89. The molecule has 0 bridgehead atoms. The van der Waals surface area contributed by atoms with Crippen molar-refractivity contribution in [3.8, 4) is 0 Å². The van der Waals surface area contributed by atoms with Gasteiger partial charge in [0.2, 0.25) is 0 Å². The van der Waals surface area contributed by atoms with Gasteiger partial charge in [0.15, 0.2) is 11.5 Å². The number of halogens is 2. The molecule has 5 heterocycles. The highest BCUT2D eigenvalue weighted by molar-refractivity contribution is 6.03. The highest BCUT2D eigenvalue weighted by Crippen LogP contribution is 2.34. The third-order valence-corrected chi connectivity index (χ3v) is 5.57. The van der Waals surface area contributed by atoms with Crippen molar-refractivity contribution in [1.82, 2.24) is 24.9 Å². The van der Waals surface area contributed by atoms with Gasteiger partial charge in [0.25, 0.3) is 0 Å². The van der Waals surface area contributed by atoms with Crippen LogP contribution in [0.15, 0.2) is 24.5 Å². The molecule has 0 spiro atoms. The molecule has 0 aromatic carbocycles. The molecule has 1 saturated heterocycles. The maximum Gasteiger partial charge on any atom is 0.327 e. The summed E-state index contributed by atoms with van der Waals surface area (Å²) in [4.78, 5) is 25.4. The minimum absolute atomic E-state index is 0. The second kappa shape index (κ2) is 8.27. The van der Waals surface area contributed by atoms with Crippen molar-refractivity contribution >= 4 is 41.3 Å². The lowest BCUT2D eigenvalue weighted by molar-refractivity contribution is 0.257. The van der Waals surface area contributed by atoms with Crippen molar-refractivity contribution in [1.29, 1.82) is 0 Å². The number of fused-ring (bicyclic) bond motifs is 2. The number of rotatable bonds is 2. The molecule has 1 atom stereocenters. The first-order valence-electron chi connectivity index (χ1n) is 10.1. The van der Waals surface area contributed by atoms with E-state index < -0.39 is 11.8 Å².